The van der Waals surface area contributed by atoms with Gasteiger partial charge in [-0.25, -0.2) is 5.01 Å². The maximum atomic E-state index is 12.8. The smallest absolute Gasteiger partial charge is 0.278 e. The Labute approximate surface area is 143 Å². The molecular weight excluding hydrogens is 324 g/mol. The Morgan fingerprint density at radius 2 is 1.96 bits per heavy atom. The van der Waals surface area contributed by atoms with Gasteiger partial charge in [0.05, 0.1) is 31.5 Å². The molecule has 1 amide bonds. The molecule has 0 bridgehead atoms. The van der Waals surface area contributed by atoms with Crippen molar-refractivity contribution < 1.29 is 24.5 Å². The van der Waals surface area contributed by atoms with Gasteiger partial charge in [0.2, 0.25) is 0 Å². The van der Waals surface area contributed by atoms with E-state index < -0.39 is 0 Å². The lowest BCUT2D eigenvalue weighted by Crippen LogP contribution is -2.18. The fourth-order valence-electron chi connectivity index (χ4n) is 3.42. The lowest BCUT2D eigenvalue weighted by atomic mass is 9.97. The van der Waals surface area contributed by atoms with Gasteiger partial charge < -0.3 is 19.7 Å². The van der Waals surface area contributed by atoms with Crippen molar-refractivity contribution in [1.29, 1.82) is 0 Å². The summed E-state index contributed by atoms with van der Waals surface area (Å²) < 4.78 is 10.6. The van der Waals surface area contributed by atoms with Crippen molar-refractivity contribution in [3.63, 3.8) is 0 Å². The van der Waals surface area contributed by atoms with E-state index in [0.29, 0.717) is 34.8 Å². The van der Waals surface area contributed by atoms with Gasteiger partial charge in [0.25, 0.3) is 5.91 Å². The standard InChI is InChI=1S/C18H16N2O5/c1-24-15-6-5-11-13-8-12(10-4-3-9(21)7-14(10)22)19-20(13)18(23)16(11)17(15)25-2/h3-7,13,21-22H,8H2,1-2H3/t13-/m1/s1. The number of hydrogen-bond donors (Lipinski definition) is 2. The molecule has 2 N–H and O–H groups in total. The van der Waals surface area contributed by atoms with Gasteiger partial charge in [0.15, 0.2) is 11.5 Å². The molecule has 2 heterocycles. The second kappa shape index (κ2) is 5.41. The number of hydrazone groups is 1. The molecule has 0 unspecified atom stereocenters. The van der Waals surface area contributed by atoms with E-state index in [1.807, 2.05) is 6.07 Å². The van der Waals surface area contributed by atoms with Crippen LogP contribution >= 0.6 is 0 Å². The van der Waals surface area contributed by atoms with E-state index in [-0.39, 0.29) is 23.4 Å². The summed E-state index contributed by atoms with van der Waals surface area (Å²) in [6.07, 6.45) is 0.465. The third kappa shape index (κ3) is 2.12. The number of rotatable bonds is 3. The molecule has 128 valence electrons. The Hall–Kier alpha value is -3.22. The van der Waals surface area contributed by atoms with E-state index in [1.165, 1.54) is 31.4 Å². The molecule has 0 aliphatic carbocycles. The predicted molar refractivity (Wildman–Crippen MR) is 89.4 cm³/mol. The van der Waals surface area contributed by atoms with Crippen LogP contribution in [-0.4, -0.2) is 41.1 Å². The maximum Gasteiger partial charge on any atom is 0.278 e. The molecule has 0 saturated heterocycles. The van der Waals surface area contributed by atoms with Crippen LogP contribution in [0.2, 0.25) is 0 Å². The highest BCUT2D eigenvalue weighted by Crippen LogP contribution is 2.47. The predicted octanol–water partition coefficient (Wildman–Crippen LogP) is 2.42. The van der Waals surface area contributed by atoms with Crippen LogP contribution in [-0.2, 0) is 0 Å². The molecule has 0 aromatic heterocycles. The first-order valence-electron chi connectivity index (χ1n) is 7.73. The average molecular weight is 340 g/mol. The zero-order valence-electron chi connectivity index (χ0n) is 13.7. The topological polar surface area (TPSA) is 91.6 Å². The molecule has 0 fully saturated rings. The molecule has 2 aromatic rings. The van der Waals surface area contributed by atoms with Gasteiger partial charge in [-0.1, -0.05) is 6.07 Å². The SMILES string of the molecule is COc1ccc2c(c1OC)C(=O)N1N=C(c3ccc(O)cc3O)C[C@H]21. The fourth-order valence-corrected chi connectivity index (χ4v) is 3.42. The normalized spacial score (nSPS) is 18.0. The lowest BCUT2D eigenvalue weighted by molar-refractivity contribution is 0.0753. The van der Waals surface area contributed by atoms with Gasteiger partial charge >= 0.3 is 0 Å². The molecule has 2 aromatic carbocycles. The molecule has 4 rings (SSSR count). The Balaban J connectivity index is 1.76. The molecular formula is C18H16N2O5. The number of carbonyl (C=O) groups excluding carboxylic acids is 1. The zero-order chi connectivity index (χ0) is 17.7. The highest BCUT2D eigenvalue weighted by Gasteiger charge is 2.44. The van der Waals surface area contributed by atoms with Crippen molar-refractivity contribution in [2.45, 2.75) is 12.5 Å². The van der Waals surface area contributed by atoms with Crippen LogP contribution in [0.5, 0.6) is 23.0 Å². The van der Waals surface area contributed by atoms with Gasteiger partial charge in [0.1, 0.15) is 11.5 Å². The van der Waals surface area contributed by atoms with E-state index >= 15 is 0 Å². The first kappa shape index (κ1) is 15.3. The molecule has 2 aliphatic heterocycles. The number of fused-ring (bicyclic) bond motifs is 3. The largest absolute Gasteiger partial charge is 0.508 e. The Morgan fingerprint density at radius 3 is 2.64 bits per heavy atom. The van der Waals surface area contributed by atoms with Crippen LogP contribution in [0.1, 0.15) is 33.9 Å². The van der Waals surface area contributed by atoms with E-state index in [4.69, 9.17) is 9.47 Å². The number of aromatic hydroxyl groups is 2. The molecule has 7 heteroatoms. The van der Waals surface area contributed by atoms with Gasteiger partial charge in [0, 0.05) is 18.1 Å². The quantitative estimate of drug-likeness (QED) is 0.895. The third-order valence-electron chi connectivity index (χ3n) is 4.56. The molecule has 2 aliphatic rings. The first-order chi connectivity index (χ1) is 12.0. The minimum absolute atomic E-state index is 0.0291. The minimum atomic E-state index is -0.260. The number of amides is 1. The summed E-state index contributed by atoms with van der Waals surface area (Å²) in [7, 11) is 3.02. The molecule has 0 saturated carbocycles. The highest BCUT2D eigenvalue weighted by atomic mass is 16.5. The number of ether oxygens (including phenoxy) is 2. The Bertz CT molecular complexity index is 922. The fraction of sp³-hybridized carbons (Fsp3) is 0.222. The number of phenolic OH excluding ortho intramolecular Hbond substituents is 2. The van der Waals surface area contributed by atoms with Crippen molar-refractivity contribution in [1.82, 2.24) is 5.01 Å². The molecule has 0 radical (unpaired) electrons. The van der Waals surface area contributed by atoms with Crippen LogP contribution in [0, 0.1) is 0 Å². The van der Waals surface area contributed by atoms with Crippen molar-refractivity contribution >= 4 is 11.6 Å². The van der Waals surface area contributed by atoms with Gasteiger partial charge in [-0.15, -0.1) is 0 Å². The second-order valence-electron chi connectivity index (χ2n) is 5.88. The summed E-state index contributed by atoms with van der Waals surface area (Å²) in [6.45, 7) is 0. The number of benzene rings is 2. The van der Waals surface area contributed by atoms with Crippen LogP contribution in [0.4, 0.5) is 0 Å². The maximum absolute atomic E-state index is 12.8. The molecule has 0 spiro atoms. The van der Waals surface area contributed by atoms with Gasteiger partial charge in [-0.3, -0.25) is 4.79 Å². The summed E-state index contributed by atoms with van der Waals surface area (Å²) in [5.74, 6) is 0.544. The van der Waals surface area contributed by atoms with Gasteiger partial charge in [-0.2, -0.15) is 5.10 Å². The number of phenols is 2. The van der Waals surface area contributed by atoms with E-state index in [0.717, 1.165) is 5.56 Å². The van der Waals surface area contributed by atoms with Crippen LogP contribution in [0.3, 0.4) is 0 Å². The lowest BCUT2D eigenvalue weighted by Gasteiger charge is -2.12. The highest BCUT2D eigenvalue weighted by molar-refractivity contribution is 6.10. The summed E-state index contributed by atoms with van der Waals surface area (Å²) in [5, 5.41) is 25.3. The van der Waals surface area contributed by atoms with Crippen molar-refractivity contribution in [2.24, 2.45) is 5.10 Å². The third-order valence-corrected chi connectivity index (χ3v) is 4.56. The molecule has 1 atom stereocenters. The number of methoxy groups -OCH3 is 2. The van der Waals surface area contributed by atoms with Crippen molar-refractivity contribution in [3.8, 4) is 23.0 Å². The summed E-state index contributed by atoms with van der Waals surface area (Å²) in [6, 6.07) is 7.69. The number of carbonyl (C=O) groups is 1. The van der Waals surface area contributed by atoms with Crippen molar-refractivity contribution in [2.75, 3.05) is 14.2 Å². The minimum Gasteiger partial charge on any atom is -0.508 e. The summed E-state index contributed by atoms with van der Waals surface area (Å²) >= 11 is 0. The monoisotopic (exact) mass is 340 g/mol. The first-order valence-corrected chi connectivity index (χ1v) is 7.73. The molecule has 7 nitrogen and oxygen atoms in total. The second-order valence-corrected chi connectivity index (χ2v) is 5.88. The summed E-state index contributed by atoms with van der Waals surface area (Å²) in [4.78, 5) is 12.8. The Morgan fingerprint density at radius 1 is 1.16 bits per heavy atom. The van der Waals surface area contributed by atoms with E-state index in [9.17, 15) is 15.0 Å². The zero-order valence-corrected chi connectivity index (χ0v) is 13.7. The van der Waals surface area contributed by atoms with Crippen molar-refractivity contribution in [3.05, 3.63) is 47.0 Å². The summed E-state index contributed by atoms with van der Waals surface area (Å²) in [5.41, 5.74) is 2.38. The Kier molecular flexibility index (Phi) is 3.31. The van der Waals surface area contributed by atoms with Gasteiger partial charge in [-0.05, 0) is 23.8 Å². The van der Waals surface area contributed by atoms with E-state index in [2.05, 4.69) is 5.10 Å². The van der Waals surface area contributed by atoms with E-state index in [1.54, 1.807) is 12.1 Å². The van der Waals surface area contributed by atoms with Crippen LogP contribution < -0.4 is 9.47 Å². The number of nitrogens with zero attached hydrogens (tertiary/aromatic N) is 2. The van der Waals surface area contributed by atoms with Crippen LogP contribution in [0.25, 0.3) is 0 Å². The van der Waals surface area contributed by atoms with Crippen LogP contribution in [0.15, 0.2) is 35.4 Å². The average Bonchev–Trinajstić information content (AvgIpc) is 3.13. The molecule has 25 heavy (non-hydrogen) atoms. The number of hydrogen-bond acceptors (Lipinski definition) is 6.